The summed E-state index contributed by atoms with van der Waals surface area (Å²) in [6, 6.07) is 8.32. The Morgan fingerprint density at radius 3 is 2.15 bits per heavy atom. The maximum atomic E-state index is 12.6. The van der Waals surface area contributed by atoms with Gasteiger partial charge in [-0.05, 0) is 36.0 Å². The molecule has 1 aliphatic rings. The van der Waals surface area contributed by atoms with Gasteiger partial charge in [-0.3, -0.25) is 4.79 Å². The zero-order valence-electron chi connectivity index (χ0n) is 16.0. The molecule has 1 aromatic heterocycles. The van der Waals surface area contributed by atoms with E-state index in [0.29, 0.717) is 11.5 Å². The third-order valence-electron chi connectivity index (χ3n) is 4.79. The fraction of sp³-hybridized carbons (Fsp3) is 0.476. The van der Waals surface area contributed by atoms with Crippen molar-refractivity contribution in [3.63, 3.8) is 0 Å². The maximum absolute atomic E-state index is 12.6. The Morgan fingerprint density at radius 2 is 1.62 bits per heavy atom. The Morgan fingerprint density at radius 1 is 0.962 bits per heavy atom. The van der Waals surface area contributed by atoms with Crippen LogP contribution in [0.25, 0.3) is 0 Å². The highest BCUT2D eigenvalue weighted by Crippen LogP contribution is 2.24. The third-order valence-corrected chi connectivity index (χ3v) is 4.79. The van der Waals surface area contributed by atoms with Crippen molar-refractivity contribution in [3.05, 3.63) is 47.9 Å². The smallest absolute Gasteiger partial charge is 0.274 e. The number of benzene rings is 1. The summed E-state index contributed by atoms with van der Waals surface area (Å²) in [5.41, 5.74) is 2.79. The van der Waals surface area contributed by atoms with E-state index in [4.69, 9.17) is 0 Å². The zero-order chi connectivity index (χ0) is 18.6. The van der Waals surface area contributed by atoms with Crippen LogP contribution in [0.3, 0.4) is 0 Å². The number of rotatable bonds is 3. The van der Waals surface area contributed by atoms with Crippen molar-refractivity contribution in [2.24, 2.45) is 0 Å². The average Bonchev–Trinajstić information content (AvgIpc) is 2.91. The molecule has 0 unspecified atom stereocenters. The van der Waals surface area contributed by atoms with Gasteiger partial charge in [-0.25, -0.2) is 9.97 Å². The minimum atomic E-state index is -0.0134. The summed E-state index contributed by atoms with van der Waals surface area (Å²) in [6.45, 7) is 8.23. The fourth-order valence-corrected chi connectivity index (χ4v) is 3.14. The van der Waals surface area contributed by atoms with Gasteiger partial charge in [0.25, 0.3) is 5.91 Å². The Kier molecular flexibility index (Phi) is 5.55. The molecule has 0 atom stereocenters. The van der Waals surface area contributed by atoms with E-state index in [2.05, 4.69) is 48.2 Å². The first-order valence-corrected chi connectivity index (χ1v) is 9.42. The zero-order valence-corrected chi connectivity index (χ0v) is 16.0. The van der Waals surface area contributed by atoms with Gasteiger partial charge in [0.05, 0.1) is 12.4 Å². The Balaban J connectivity index is 1.65. The van der Waals surface area contributed by atoms with Gasteiger partial charge >= 0.3 is 0 Å². The Labute approximate surface area is 155 Å². The van der Waals surface area contributed by atoms with E-state index >= 15 is 0 Å². The van der Waals surface area contributed by atoms with E-state index in [-0.39, 0.29) is 11.3 Å². The summed E-state index contributed by atoms with van der Waals surface area (Å²) in [6.07, 6.45) is 7.74. The van der Waals surface area contributed by atoms with Gasteiger partial charge in [-0.2, -0.15) is 0 Å². The first kappa shape index (κ1) is 18.4. The number of carbonyl (C=O) groups is 1. The number of nitrogens with one attached hydrogen (secondary N) is 1. The van der Waals surface area contributed by atoms with Crippen LogP contribution in [-0.2, 0) is 5.41 Å². The molecule has 1 N–H and O–H groups in total. The van der Waals surface area contributed by atoms with E-state index in [1.807, 2.05) is 17.0 Å². The molecule has 138 valence electrons. The number of anilines is 2. The maximum Gasteiger partial charge on any atom is 0.274 e. The van der Waals surface area contributed by atoms with Crippen molar-refractivity contribution in [2.45, 2.75) is 51.9 Å². The first-order valence-electron chi connectivity index (χ1n) is 9.42. The number of hydrogen-bond acceptors (Lipinski definition) is 4. The summed E-state index contributed by atoms with van der Waals surface area (Å²) in [5.74, 6) is 0.626. The number of aromatic nitrogens is 2. The topological polar surface area (TPSA) is 58.1 Å². The SMILES string of the molecule is CC(C)(C)c1ccc(Nc2cnc(C(=O)N3CCCCCC3)cn2)cc1. The van der Waals surface area contributed by atoms with Gasteiger partial charge in [0.15, 0.2) is 0 Å². The molecular formula is C21H28N4O. The molecule has 0 spiro atoms. The minimum Gasteiger partial charge on any atom is -0.339 e. The van der Waals surface area contributed by atoms with Gasteiger partial charge in [0.1, 0.15) is 11.5 Å². The highest BCUT2D eigenvalue weighted by Gasteiger charge is 2.18. The van der Waals surface area contributed by atoms with Gasteiger partial charge in [0, 0.05) is 18.8 Å². The monoisotopic (exact) mass is 352 g/mol. The van der Waals surface area contributed by atoms with Crippen molar-refractivity contribution in [3.8, 4) is 0 Å². The molecule has 0 bridgehead atoms. The van der Waals surface area contributed by atoms with Crippen LogP contribution in [-0.4, -0.2) is 33.9 Å². The van der Waals surface area contributed by atoms with Crippen molar-refractivity contribution < 1.29 is 4.79 Å². The third kappa shape index (κ3) is 4.59. The van der Waals surface area contributed by atoms with Crippen LogP contribution in [0.4, 0.5) is 11.5 Å². The first-order chi connectivity index (χ1) is 12.4. The van der Waals surface area contributed by atoms with Gasteiger partial charge in [-0.15, -0.1) is 0 Å². The molecule has 2 aromatic rings. The second-order valence-corrected chi connectivity index (χ2v) is 7.95. The van der Waals surface area contributed by atoms with Crippen molar-refractivity contribution in [1.29, 1.82) is 0 Å². The minimum absolute atomic E-state index is 0.0134. The molecule has 0 radical (unpaired) electrons. The van der Waals surface area contributed by atoms with Crippen LogP contribution in [0, 0.1) is 0 Å². The second kappa shape index (κ2) is 7.85. The lowest BCUT2D eigenvalue weighted by Gasteiger charge is -2.20. The molecule has 1 aliphatic heterocycles. The molecule has 1 fully saturated rings. The fourth-order valence-electron chi connectivity index (χ4n) is 3.14. The van der Waals surface area contributed by atoms with Crippen molar-refractivity contribution >= 4 is 17.4 Å². The molecule has 2 heterocycles. The van der Waals surface area contributed by atoms with Crippen LogP contribution in [0.15, 0.2) is 36.7 Å². The van der Waals surface area contributed by atoms with Crippen LogP contribution in [0.5, 0.6) is 0 Å². The van der Waals surface area contributed by atoms with E-state index < -0.39 is 0 Å². The van der Waals surface area contributed by atoms with Gasteiger partial charge in [0.2, 0.25) is 0 Å². The summed E-state index contributed by atoms with van der Waals surface area (Å²) in [7, 11) is 0. The standard InChI is InChI=1S/C21H28N4O/c1-21(2,3)16-8-10-17(11-9-16)24-19-15-22-18(14-23-19)20(26)25-12-6-4-5-7-13-25/h8-11,14-15H,4-7,12-13H2,1-3H3,(H,23,24). The highest BCUT2D eigenvalue weighted by atomic mass is 16.2. The number of amides is 1. The van der Waals surface area contributed by atoms with Crippen molar-refractivity contribution in [2.75, 3.05) is 18.4 Å². The molecule has 26 heavy (non-hydrogen) atoms. The number of likely N-dealkylation sites (tertiary alicyclic amines) is 1. The second-order valence-electron chi connectivity index (χ2n) is 7.95. The normalized spacial score (nSPS) is 15.4. The Bertz CT molecular complexity index is 724. The van der Waals surface area contributed by atoms with Crippen LogP contribution in [0.1, 0.15) is 62.5 Å². The predicted molar refractivity (Wildman–Crippen MR) is 105 cm³/mol. The largest absolute Gasteiger partial charge is 0.339 e. The molecular weight excluding hydrogens is 324 g/mol. The van der Waals surface area contributed by atoms with E-state index in [0.717, 1.165) is 31.6 Å². The molecule has 0 aliphatic carbocycles. The summed E-state index contributed by atoms with van der Waals surface area (Å²) in [4.78, 5) is 23.1. The number of hydrogen-bond donors (Lipinski definition) is 1. The van der Waals surface area contributed by atoms with Crippen molar-refractivity contribution in [1.82, 2.24) is 14.9 Å². The number of nitrogens with zero attached hydrogens (tertiary/aromatic N) is 3. The summed E-state index contributed by atoms with van der Waals surface area (Å²) >= 11 is 0. The molecule has 3 rings (SSSR count). The van der Waals surface area contributed by atoms with Gasteiger partial charge in [-0.1, -0.05) is 45.7 Å². The van der Waals surface area contributed by atoms with Gasteiger partial charge < -0.3 is 10.2 Å². The summed E-state index contributed by atoms with van der Waals surface area (Å²) in [5, 5.41) is 3.24. The van der Waals surface area contributed by atoms with Crippen LogP contribution in [0.2, 0.25) is 0 Å². The number of carbonyl (C=O) groups excluding carboxylic acids is 1. The molecule has 1 aromatic carbocycles. The molecule has 1 amide bonds. The molecule has 5 heteroatoms. The Hall–Kier alpha value is -2.43. The highest BCUT2D eigenvalue weighted by molar-refractivity contribution is 5.92. The van der Waals surface area contributed by atoms with Crippen LogP contribution < -0.4 is 5.32 Å². The van der Waals surface area contributed by atoms with Crippen LogP contribution >= 0.6 is 0 Å². The molecule has 1 saturated heterocycles. The lowest BCUT2D eigenvalue weighted by Crippen LogP contribution is -2.32. The van der Waals surface area contributed by atoms with E-state index in [1.54, 1.807) is 12.4 Å². The average molecular weight is 352 g/mol. The molecule has 0 saturated carbocycles. The molecule has 5 nitrogen and oxygen atoms in total. The lowest BCUT2D eigenvalue weighted by atomic mass is 9.87. The quantitative estimate of drug-likeness (QED) is 0.881. The van der Waals surface area contributed by atoms with E-state index in [9.17, 15) is 4.79 Å². The lowest BCUT2D eigenvalue weighted by molar-refractivity contribution is 0.0755. The van der Waals surface area contributed by atoms with E-state index in [1.165, 1.54) is 18.4 Å². The summed E-state index contributed by atoms with van der Waals surface area (Å²) < 4.78 is 0. The predicted octanol–water partition coefficient (Wildman–Crippen LogP) is 4.53.